The van der Waals surface area contributed by atoms with E-state index in [2.05, 4.69) is 17.1 Å². The van der Waals surface area contributed by atoms with E-state index >= 15 is 0 Å². The molecule has 1 amide bonds. The van der Waals surface area contributed by atoms with Crippen LogP contribution in [0.25, 0.3) is 15.9 Å². The van der Waals surface area contributed by atoms with E-state index in [1.165, 1.54) is 22.9 Å². The molecule has 0 fully saturated rings. The highest BCUT2D eigenvalue weighted by molar-refractivity contribution is 7.99. The van der Waals surface area contributed by atoms with Crippen LogP contribution in [-0.4, -0.2) is 32.5 Å². The fourth-order valence-electron chi connectivity index (χ4n) is 4.46. The monoisotopic (exact) mass is 530 g/mol. The molecule has 0 saturated carbocycles. The normalized spacial score (nSPS) is 13.1. The highest BCUT2D eigenvalue weighted by atomic mass is 32.2. The number of benzene rings is 2. The van der Waals surface area contributed by atoms with Gasteiger partial charge in [-0.2, -0.15) is 5.10 Å². The van der Waals surface area contributed by atoms with Crippen molar-refractivity contribution in [1.82, 2.24) is 15.0 Å². The summed E-state index contributed by atoms with van der Waals surface area (Å²) in [7, 11) is 0. The zero-order valence-corrected chi connectivity index (χ0v) is 21.8. The summed E-state index contributed by atoms with van der Waals surface area (Å²) in [6.07, 6.45) is 7.74. The molecule has 1 aliphatic rings. The Bertz CT molecular complexity index is 1560. The topological polar surface area (TPSA) is 96.6 Å². The summed E-state index contributed by atoms with van der Waals surface area (Å²) in [5.74, 6) is -0.212. The molecule has 0 aliphatic heterocycles. The number of hydrogen-bond acceptors (Lipinski definition) is 7. The largest absolute Gasteiger partial charge is 0.507 e. The molecule has 2 aromatic heterocycles. The minimum absolute atomic E-state index is 0.0235. The molecule has 9 heteroatoms. The average molecular weight is 531 g/mol. The summed E-state index contributed by atoms with van der Waals surface area (Å²) in [5.41, 5.74) is 5.49. The van der Waals surface area contributed by atoms with E-state index in [0.717, 1.165) is 41.6 Å². The summed E-state index contributed by atoms with van der Waals surface area (Å²) >= 11 is 2.79. The maximum absolute atomic E-state index is 13.7. The van der Waals surface area contributed by atoms with Gasteiger partial charge in [-0.25, -0.2) is 10.4 Å². The maximum Gasteiger partial charge on any atom is 0.267 e. The number of carbonyl (C=O) groups excluding carboxylic acids is 1. The number of hydrazone groups is 1. The Kier molecular flexibility index (Phi) is 7.52. The van der Waals surface area contributed by atoms with Crippen LogP contribution in [0.1, 0.15) is 34.4 Å². The first-order chi connectivity index (χ1) is 18.1. The quantitative estimate of drug-likeness (QED) is 0.110. The molecule has 4 aromatic rings. The third kappa shape index (κ3) is 5.23. The van der Waals surface area contributed by atoms with Gasteiger partial charge in [0.25, 0.3) is 11.5 Å². The summed E-state index contributed by atoms with van der Waals surface area (Å²) in [6, 6.07) is 14.7. The lowest BCUT2D eigenvalue weighted by Crippen LogP contribution is -2.24. The Morgan fingerprint density at radius 1 is 1.19 bits per heavy atom. The van der Waals surface area contributed by atoms with Crippen molar-refractivity contribution in [3.05, 3.63) is 93.1 Å². The molecule has 2 heterocycles. The Morgan fingerprint density at radius 3 is 2.81 bits per heavy atom. The highest BCUT2D eigenvalue weighted by Gasteiger charge is 2.23. The number of thioether (sulfide) groups is 1. The minimum atomic E-state index is -0.345. The molecular formula is C28H26N4O3S2. The number of nitrogens with zero attached hydrogens (tertiary/aromatic N) is 3. The van der Waals surface area contributed by atoms with Gasteiger partial charge in [0.1, 0.15) is 10.6 Å². The first kappa shape index (κ1) is 25.0. The van der Waals surface area contributed by atoms with Gasteiger partial charge in [-0.05, 0) is 61.4 Å². The zero-order chi connectivity index (χ0) is 25.8. The van der Waals surface area contributed by atoms with Crippen molar-refractivity contribution >= 4 is 45.4 Å². The van der Waals surface area contributed by atoms with Crippen molar-refractivity contribution in [1.29, 1.82) is 0 Å². The number of amides is 1. The van der Waals surface area contributed by atoms with Crippen molar-refractivity contribution in [2.45, 2.75) is 37.3 Å². The van der Waals surface area contributed by atoms with E-state index in [0.29, 0.717) is 28.2 Å². The second-order valence-corrected chi connectivity index (χ2v) is 10.7. The SMILES string of the molecule is C=CCc1cccc(/C=N/NC(=O)CSc2nc3sc4c(c3c(=O)n2-c2ccccc2)CCCC4)c1O. The second-order valence-electron chi connectivity index (χ2n) is 8.69. The van der Waals surface area contributed by atoms with Gasteiger partial charge in [0, 0.05) is 10.4 Å². The third-order valence-corrected chi connectivity index (χ3v) is 8.34. The lowest BCUT2D eigenvalue weighted by Gasteiger charge is -2.13. The highest BCUT2D eigenvalue weighted by Crippen LogP contribution is 2.35. The van der Waals surface area contributed by atoms with E-state index in [1.807, 2.05) is 42.5 Å². The Hall–Kier alpha value is -3.69. The molecule has 0 saturated heterocycles. The molecule has 5 rings (SSSR count). The number of phenolic OH excluding ortho intramolecular Hbond substituents is 1. The Balaban J connectivity index is 1.38. The summed E-state index contributed by atoms with van der Waals surface area (Å²) in [5, 5.41) is 15.5. The number of allylic oxidation sites excluding steroid dienone is 1. The van der Waals surface area contributed by atoms with Crippen LogP contribution in [0.3, 0.4) is 0 Å². The second kappa shape index (κ2) is 11.1. The Labute approximate surface area is 222 Å². The number of nitrogens with one attached hydrogen (secondary N) is 1. The number of aromatic hydroxyl groups is 1. The van der Waals surface area contributed by atoms with E-state index in [4.69, 9.17) is 4.98 Å². The van der Waals surface area contributed by atoms with Gasteiger partial charge < -0.3 is 5.11 Å². The van der Waals surface area contributed by atoms with Crippen LogP contribution in [0.15, 0.2) is 76.2 Å². The maximum atomic E-state index is 13.7. The van der Waals surface area contributed by atoms with Crippen molar-refractivity contribution in [3.8, 4) is 11.4 Å². The first-order valence-corrected chi connectivity index (χ1v) is 13.9. The minimum Gasteiger partial charge on any atom is -0.507 e. The Morgan fingerprint density at radius 2 is 2.00 bits per heavy atom. The molecule has 0 bridgehead atoms. The van der Waals surface area contributed by atoms with E-state index in [9.17, 15) is 14.7 Å². The number of phenols is 1. The van der Waals surface area contributed by atoms with Crippen LogP contribution in [0.5, 0.6) is 5.75 Å². The molecule has 2 N–H and O–H groups in total. The molecule has 188 valence electrons. The van der Waals surface area contributed by atoms with Crippen LogP contribution in [0.2, 0.25) is 0 Å². The zero-order valence-electron chi connectivity index (χ0n) is 20.1. The van der Waals surface area contributed by atoms with Crippen LogP contribution in [-0.2, 0) is 24.1 Å². The predicted molar refractivity (Wildman–Crippen MR) is 150 cm³/mol. The molecule has 0 spiro atoms. The fourth-order valence-corrected chi connectivity index (χ4v) is 6.57. The van der Waals surface area contributed by atoms with Gasteiger partial charge in [0.2, 0.25) is 0 Å². The number of thiophene rings is 1. The van der Waals surface area contributed by atoms with Gasteiger partial charge in [-0.3, -0.25) is 14.2 Å². The van der Waals surface area contributed by atoms with Crippen LogP contribution >= 0.6 is 23.1 Å². The smallest absolute Gasteiger partial charge is 0.267 e. The standard InChI is InChI=1S/C28H26N4O3S2/c1-2-9-18-10-8-11-19(25(18)34)16-29-31-23(33)17-36-28-30-26-24(21-14-6-7-15-22(21)37-26)27(35)32(28)20-12-4-3-5-13-20/h2-5,8,10-13,16,34H,1,6-7,9,14-15,17H2,(H,31,33)/b29-16+. The van der Waals surface area contributed by atoms with Gasteiger partial charge >= 0.3 is 0 Å². The van der Waals surface area contributed by atoms with E-state index in [1.54, 1.807) is 28.0 Å². The molecule has 7 nitrogen and oxygen atoms in total. The molecular weight excluding hydrogens is 504 g/mol. The number of carbonyl (C=O) groups is 1. The summed E-state index contributed by atoms with van der Waals surface area (Å²) in [6.45, 7) is 3.69. The van der Waals surface area contributed by atoms with Gasteiger partial charge in [-0.1, -0.05) is 48.2 Å². The van der Waals surface area contributed by atoms with Crippen molar-refractivity contribution in [2.75, 3.05) is 5.75 Å². The van der Waals surface area contributed by atoms with Crippen molar-refractivity contribution in [2.24, 2.45) is 5.10 Å². The molecule has 2 aromatic carbocycles. The first-order valence-electron chi connectivity index (χ1n) is 12.1. The number of aromatic nitrogens is 2. The number of hydrogen-bond donors (Lipinski definition) is 2. The van der Waals surface area contributed by atoms with Crippen LogP contribution in [0, 0.1) is 0 Å². The summed E-state index contributed by atoms with van der Waals surface area (Å²) < 4.78 is 1.61. The van der Waals surface area contributed by atoms with Gasteiger partial charge in [-0.15, -0.1) is 17.9 Å². The molecule has 0 atom stereocenters. The number of rotatable bonds is 8. The van der Waals surface area contributed by atoms with E-state index in [-0.39, 0.29) is 23.0 Å². The van der Waals surface area contributed by atoms with Crippen molar-refractivity contribution < 1.29 is 9.90 Å². The number of aryl methyl sites for hydroxylation is 2. The van der Waals surface area contributed by atoms with Gasteiger partial charge in [0.15, 0.2) is 5.16 Å². The lowest BCUT2D eigenvalue weighted by atomic mass is 9.97. The van der Waals surface area contributed by atoms with Crippen LogP contribution < -0.4 is 11.0 Å². The third-order valence-electron chi connectivity index (χ3n) is 6.21. The average Bonchev–Trinajstić information content (AvgIpc) is 3.29. The predicted octanol–water partition coefficient (Wildman–Crippen LogP) is 5.00. The molecule has 0 unspecified atom stereocenters. The van der Waals surface area contributed by atoms with Crippen LogP contribution in [0.4, 0.5) is 0 Å². The molecule has 0 radical (unpaired) electrons. The molecule has 1 aliphatic carbocycles. The van der Waals surface area contributed by atoms with Crippen molar-refractivity contribution in [3.63, 3.8) is 0 Å². The number of fused-ring (bicyclic) bond motifs is 3. The van der Waals surface area contributed by atoms with E-state index < -0.39 is 0 Å². The summed E-state index contributed by atoms with van der Waals surface area (Å²) in [4.78, 5) is 33.1. The molecule has 37 heavy (non-hydrogen) atoms. The lowest BCUT2D eigenvalue weighted by molar-refractivity contribution is -0.118. The fraction of sp³-hybridized carbons (Fsp3) is 0.214. The number of para-hydroxylation sites is 2. The van der Waals surface area contributed by atoms with Gasteiger partial charge in [0.05, 0.1) is 23.0 Å².